The van der Waals surface area contributed by atoms with E-state index in [1.807, 2.05) is 0 Å². The van der Waals surface area contributed by atoms with Crippen molar-refractivity contribution in [2.24, 2.45) is 0 Å². The van der Waals surface area contributed by atoms with Crippen molar-refractivity contribution in [2.45, 2.75) is 23.9 Å². The highest BCUT2D eigenvalue weighted by molar-refractivity contribution is 7.92. The second kappa shape index (κ2) is 6.39. The number of hydrogen-bond donors (Lipinski definition) is 1. The van der Waals surface area contributed by atoms with Crippen LogP contribution in [-0.2, 0) is 16.4 Å². The molecular formula is C15H14F3NO2S. The van der Waals surface area contributed by atoms with Crippen LogP contribution in [0.5, 0.6) is 0 Å². The van der Waals surface area contributed by atoms with E-state index >= 15 is 0 Å². The van der Waals surface area contributed by atoms with Crippen LogP contribution >= 0.6 is 0 Å². The van der Waals surface area contributed by atoms with Crippen LogP contribution in [0.15, 0.2) is 59.5 Å². The van der Waals surface area contributed by atoms with Crippen LogP contribution in [0.3, 0.4) is 0 Å². The fraction of sp³-hybridized carbons (Fsp3) is 0.200. The van der Waals surface area contributed by atoms with Crippen LogP contribution in [-0.4, -0.2) is 14.6 Å². The average molecular weight is 329 g/mol. The lowest BCUT2D eigenvalue weighted by Crippen LogP contribution is -2.15. The molecule has 0 unspecified atom stereocenters. The van der Waals surface area contributed by atoms with Gasteiger partial charge in [0.2, 0.25) is 0 Å². The third-order valence-electron chi connectivity index (χ3n) is 2.99. The molecule has 0 bridgehead atoms. The highest BCUT2D eigenvalue weighted by Crippen LogP contribution is 2.26. The minimum absolute atomic E-state index is 0.0561. The van der Waals surface area contributed by atoms with Gasteiger partial charge in [0, 0.05) is 6.42 Å². The Morgan fingerprint density at radius 2 is 1.50 bits per heavy atom. The maximum atomic E-state index is 12.3. The van der Waals surface area contributed by atoms with Crippen molar-refractivity contribution < 1.29 is 21.6 Å². The Morgan fingerprint density at radius 3 is 2.14 bits per heavy atom. The molecule has 0 saturated heterocycles. The molecule has 0 atom stereocenters. The second-order valence-electron chi connectivity index (χ2n) is 4.69. The van der Waals surface area contributed by atoms with Crippen LogP contribution in [0.25, 0.3) is 0 Å². The van der Waals surface area contributed by atoms with Crippen LogP contribution in [0, 0.1) is 0 Å². The van der Waals surface area contributed by atoms with E-state index in [0.717, 1.165) is 0 Å². The van der Waals surface area contributed by atoms with E-state index in [0.29, 0.717) is 5.56 Å². The molecule has 22 heavy (non-hydrogen) atoms. The van der Waals surface area contributed by atoms with E-state index in [2.05, 4.69) is 4.72 Å². The largest absolute Gasteiger partial charge is 0.389 e. The fourth-order valence-corrected chi connectivity index (χ4v) is 3.04. The molecule has 1 N–H and O–H groups in total. The van der Waals surface area contributed by atoms with Gasteiger partial charge in [-0.05, 0) is 30.2 Å². The van der Waals surface area contributed by atoms with Crippen LogP contribution in [0.1, 0.15) is 12.0 Å². The number of rotatable bonds is 5. The summed E-state index contributed by atoms with van der Waals surface area (Å²) in [4.78, 5) is 0.0561. The Bertz CT molecular complexity index is 728. The molecule has 0 aliphatic carbocycles. The quantitative estimate of drug-likeness (QED) is 0.902. The maximum absolute atomic E-state index is 12.3. The molecular weight excluding hydrogens is 315 g/mol. The number of aryl methyl sites for hydroxylation is 1. The van der Waals surface area contributed by atoms with Gasteiger partial charge in [0.15, 0.2) is 0 Å². The number of alkyl halides is 3. The maximum Gasteiger partial charge on any atom is 0.389 e. The lowest BCUT2D eigenvalue weighted by molar-refractivity contribution is -0.133. The van der Waals surface area contributed by atoms with Crippen LogP contribution < -0.4 is 4.72 Å². The molecule has 2 aromatic carbocycles. The zero-order chi connectivity index (χ0) is 16.2. The summed E-state index contributed by atoms with van der Waals surface area (Å²) in [5.74, 6) is 0. The lowest BCUT2D eigenvalue weighted by atomic mass is 10.1. The summed E-state index contributed by atoms with van der Waals surface area (Å²) < 4.78 is 63.8. The molecule has 0 amide bonds. The SMILES string of the molecule is O=S(=O)(Nc1ccccc1CCC(F)(F)F)c1ccccc1. The van der Waals surface area contributed by atoms with Crippen molar-refractivity contribution in [1.29, 1.82) is 0 Å². The Kier molecular flexibility index (Phi) is 4.75. The molecule has 118 valence electrons. The van der Waals surface area contributed by atoms with Crippen molar-refractivity contribution in [3.63, 3.8) is 0 Å². The fourth-order valence-electron chi connectivity index (χ4n) is 1.92. The van der Waals surface area contributed by atoms with Gasteiger partial charge in [-0.2, -0.15) is 13.2 Å². The van der Waals surface area contributed by atoms with E-state index in [4.69, 9.17) is 0 Å². The molecule has 0 saturated carbocycles. The second-order valence-corrected chi connectivity index (χ2v) is 6.37. The van der Waals surface area contributed by atoms with Crippen LogP contribution in [0.2, 0.25) is 0 Å². The van der Waals surface area contributed by atoms with E-state index < -0.39 is 22.6 Å². The average Bonchev–Trinajstić information content (AvgIpc) is 2.46. The topological polar surface area (TPSA) is 46.2 Å². The monoisotopic (exact) mass is 329 g/mol. The predicted octanol–water partition coefficient (Wildman–Crippen LogP) is 3.98. The summed E-state index contributed by atoms with van der Waals surface area (Å²) in [6, 6.07) is 13.7. The van der Waals surface area contributed by atoms with Crippen LogP contribution in [0.4, 0.5) is 18.9 Å². The normalized spacial score (nSPS) is 12.1. The molecule has 2 aromatic rings. The summed E-state index contributed by atoms with van der Waals surface area (Å²) in [7, 11) is -3.82. The van der Waals surface area contributed by atoms with Crippen molar-refractivity contribution in [3.8, 4) is 0 Å². The highest BCUT2D eigenvalue weighted by Gasteiger charge is 2.27. The Balaban J connectivity index is 2.23. The van der Waals surface area contributed by atoms with E-state index in [1.54, 1.807) is 30.3 Å². The van der Waals surface area contributed by atoms with Crippen molar-refractivity contribution >= 4 is 15.7 Å². The third-order valence-corrected chi connectivity index (χ3v) is 4.37. The van der Waals surface area contributed by atoms with Gasteiger partial charge in [0.05, 0.1) is 10.6 Å². The molecule has 0 radical (unpaired) electrons. The summed E-state index contributed by atoms with van der Waals surface area (Å²) in [6.07, 6.45) is -5.57. The van der Waals surface area contributed by atoms with Gasteiger partial charge in [0.25, 0.3) is 10.0 Å². The van der Waals surface area contributed by atoms with Gasteiger partial charge < -0.3 is 0 Å². The first kappa shape index (κ1) is 16.4. The zero-order valence-electron chi connectivity index (χ0n) is 11.5. The zero-order valence-corrected chi connectivity index (χ0v) is 12.3. The first-order chi connectivity index (χ1) is 10.3. The van der Waals surface area contributed by atoms with Gasteiger partial charge >= 0.3 is 6.18 Å². The number of benzene rings is 2. The highest BCUT2D eigenvalue weighted by atomic mass is 32.2. The molecule has 2 rings (SSSR count). The standard InChI is InChI=1S/C15H14F3NO2S/c16-15(17,18)11-10-12-6-4-5-9-14(12)19-22(20,21)13-7-2-1-3-8-13/h1-9,19H,10-11H2. The number of para-hydroxylation sites is 1. The molecule has 0 aliphatic rings. The summed E-state index contributed by atoms with van der Waals surface area (Å²) in [5, 5.41) is 0. The third kappa shape index (κ3) is 4.49. The number of nitrogens with one attached hydrogen (secondary N) is 1. The predicted molar refractivity (Wildman–Crippen MR) is 78.1 cm³/mol. The van der Waals surface area contributed by atoms with Crippen molar-refractivity contribution in [1.82, 2.24) is 0 Å². The molecule has 0 aliphatic heterocycles. The molecule has 3 nitrogen and oxygen atoms in total. The number of halogens is 3. The first-order valence-corrected chi connectivity index (χ1v) is 7.99. The van der Waals surface area contributed by atoms with E-state index in [9.17, 15) is 21.6 Å². The number of sulfonamides is 1. The van der Waals surface area contributed by atoms with Gasteiger partial charge in [-0.1, -0.05) is 36.4 Å². The lowest BCUT2D eigenvalue weighted by Gasteiger charge is -2.13. The van der Waals surface area contributed by atoms with E-state index in [1.165, 1.54) is 24.3 Å². The molecule has 0 spiro atoms. The summed E-state index contributed by atoms with van der Waals surface area (Å²) in [6.45, 7) is 0. The minimum atomic E-state index is -4.29. The molecule has 0 heterocycles. The first-order valence-electron chi connectivity index (χ1n) is 6.50. The number of anilines is 1. The minimum Gasteiger partial charge on any atom is -0.279 e. The molecule has 0 aromatic heterocycles. The summed E-state index contributed by atoms with van der Waals surface area (Å²) >= 11 is 0. The number of hydrogen-bond acceptors (Lipinski definition) is 2. The van der Waals surface area contributed by atoms with Gasteiger partial charge in [-0.25, -0.2) is 8.42 Å². The van der Waals surface area contributed by atoms with Gasteiger partial charge in [-0.3, -0.25) is 4.72 Å². The van der Waals surface area contributed by atoms with Crippen molar-refractivity contribution in [2.75, 3.05) is 4.72 Å². The van der Waals surface area contributed by atoms with Gasteiger partial charge in [-0.15, -0.1) is 0 Å². The Labute approximate surface area is 126 Å². The summed E-state index contributed by atoms with van der Waals surface area (Å²) in [5.41, 5.74) is 0.468. The van der Waals surface area contributed by atoms with Crippen molar-refractivity contribution in [3.05, 3.63) is 60.2 Å². The smallest absolute Gasteiger partial charge is 0.279 e. The van der Waals surface area contributed by atoms with E-state index in [-0.39, 0.29) is 17.0 Å². The molecule has 7 heteroatoms. The van der Waals surface area contributed by atoms with Gasteiger partial charge in [0.1, 0.15) is 0 Å². The Morgan fingerprint density at radius 1 is 0.909 bits per heavy atom. The Hall–Kier alpha value is -2.02. The molecule has 0 fully saturated rings.